The summed E-state index contributed by atoms with van der Waals surface area (Å²) >= 11 is 3.36. The van der Waals surface area contributed by atoms with Crippen molar-refractivity contribution in [1.82, 2.24) is 0 Å². The molecule has 0 spiro atoms. The Morgan fingerprint density at radius 3 is 2.88 bits per heavy atom. The molecule has 1 aromatic carbocycles. The zero-order valence-electron chi connectivity index (χ0n) is 8.70. The first-order chi connectivity index (χ1) is 7.52. The van der Waals surface area contributed by atoms with Crippen LogP contribution in [-0.4, -0.2) is 17.0 Å². The average Bonchev–Trinajstić information content (AvgIpc) is 2.23. The Morgan fingerprint density at radius 2 is 2.31 bits per heavy atom. The second-order valence-electron chi connectivity index (χ2n) is 3.28. The molecule has 1 amide bonds. The van der Waals surface area contributed by atoms with E-state index < -0.39 is 0 Å². The summed E-state index contributed by atoms with van der Waals surface area (Å²) < 4.78 is 0.974. The Labute approximate surface area is 101 Å². The Kier molecular flexibility index (Phi) is 4.30. The zero-order chi connectivity index (χ0) is 12.1. The maximum absolute atomic E-state index is 11.4. The Hall–Kier alpha value is -1.56. The highest BCUT2D eigenvalue weighted by atomic mass is 79.9. The van der Waals surface area contributed by atoms with Crippen LogP contribution < -0.4 is 11.1 Å². The molecule has 0 heterocycles. The van der Waals surface area contributed by atoms with Gasteiger partial charge in [0.2, 0.25) is 5.91 Å². The van der Waals surface area contributed by atoms with E-state index in [-0.39, 0.29) is 18.2 Å². The van der Waals surface area contributed by atoms with Crippen LogP contribution in [0, 0.1) is 6.92 Å². The number of nitrogens with two attached hydrogens (primary N) is 1. The molecule has 0 saturated carbocycles. The normalized spacial score (nSPS) is 11.2. The van der Waals surface area contributed by atoms with Gasteiger partial charge in [-0.15, -0.1) is 0 Å². The third kappa shape index (κ3) is 3.54. The zero-order valence-corrected chi connectivity index (χ0v) is 10.3. The highest BCUT2D eigenvalue weighted by Crippen LogP contribution is 2.19. The molecule has 1 aromatic rings. The van der Waals surface area contributed by atoms with Gasteiger partial charge in [-0.1, -0.05) is 21.1 Å². The largest absolute Gasteiger partial charge is 0.409 e. The standard InChI is InChI=1S/C10H12BrN3O2/c1-6-4-7(2-3-8(6)11)13-10(15)5-9(12)14-16/h2-4,16H,5H2,1H3,(H2,12,14)(H,13,15). The first-order valence-corrected chi connectivity index (χ1v) is 5.34. The van der Waals surface area contributed by atoms with E-state index in [4.69, 9.17) is 10.9 Å². The van der Waals surface area contributed by atoms with Crippen LogP contribution in [0.4, 0.5) is 5.69 Å². The smallest absolute Gasteiger partial charge is 0.232 e. The molecule has 0 unspecified atom stereocenters. The van der Waals surface area contributed by atoms with Crippen molar-refractivity contribution in [2.75, 3.05) is 5.32 Å². The number of oxime groups is 1. The number of amidine groups is 1. The molecule has 0 radical (unpaired) electrons. The molecule has 1 rings (SSSR count). The van der Waals surface area contributed by atoms with E-state index >= 15 is 0 Å². The number of halogens is 1. The molecular formula is C10H12BrN3O2. The van der Waals surface area contributed by atoms with Crippen LogP contribution in [0.1, 0.15) is 12.0 Å². The van der Waals surface area contributed by atoms with Crippen molar-refractivity contribution in [2.24, 2.45) is 10.9 Å². The number of hydrogen-bond donors (Lipinski definition) is 3. The number of carbonyl (C=O) groups excluding carboxylic acids is 1. The summed E-state index contributed by atoms with van der Waals surface area (Å²) in [6.07, 6.45) is -0.133. The third-order valence-corrected chi connectivity index (χ3v) is 2.80. The van der Waals surface area contributed by atoms with Crippen molar-refractivity contribution >= 4 is 33.4 Å². The molecule has 6 heteroatoms. The fraction of sp³-hybridized carbons (Fsp3) is 0.200. The molecule has 16 heavy (non-hydrogen) atoms. The molecule has 0 bridgehead atoms. The summed E-state index contributed by atoms with van der Waals surface area (Å²) in [4.78, 5) is 11.4. The minimum absolute atomic E-state index is 0.119. The number of benzene rings is 1. The van der Waals surface area contributed by atoms with Gasteiger partial charge in [-0.3, -0.25) is 4.79 Å². The summed E-state index contributed by atoms with van der Waals surface area (Å²) in [5.74, 6) is -0.441. The molecule has 0 aliphatic heterocycles. The van der Waals surface area contributed by atoms with E-state index in [0.717, 1.165) is 10.0 Å². The molecule has 5 nitrogen and oxygen atoms in total. The molecule has 0 aromatic heterocycles. The van der Waals surface area contributed by atoms with E-state index in [0.29, 0.717) is 5.69 Å². The number of carbonyl (C=O) groups is 1. The lowest BCUT2D eigenvalue weighted by Crippen LogP contribution is -2.22. The third-order valence-electron chi connectivity index (χ3n) is 1.91. The van der Waals surface area contributed by atoms with Crippen LogP contribution in [-0.2, 0) is 4.79 Å². The van der Waals surface area contributed by atoms with Gasteiger partial charge in [0.25, 0.3) is 0 Å². The van der Waals surface area contributed by atoms with Gasteiger partial charge in [-0.2, -0.15) is 0 Å². The topological polar surface area (TPSA) is 87.7 Å². The Balaban J connectivity index is 2.66. The lowest BCUT2D eigenvalue weighted by atomic mass is 10.2. The lowest BCUT2D eigenvalue weighted by molar-refractivity contribution is -0.115. The number of nitrogens with one attached hydrogen (secondary N) is 1. The second kappa shape index (κ2) is 5.50. The number of anilines is 1. The number of nitrogens with zero attached hydrogens (tertiary/aromatic N) is 1. The van der Waals surface area contributed by atoms with Gasteiger partial charge in [0.05, 0.1) is 6.42 Å². The molecular weight excluding hydrogens is 274 g/mol. The highest BCUT2D eigenvalue weighted by Gasteiger charge is 2.06. The van der Waals surface area contributed by atoms with Crippen LogP contribution in [0.2, 0.25) is 0 Å². The second-order valence-corrected chi connectivity index (χ2v) is 4.13. The van der Waals surface area contributed by atoms with E-state index in [1.165, 1.54) is 0 Å². The lowest BCUT2D eigenvalue weighted by Gasteiger charge is -2.06. The summed E-state index contributed by atoms with van der Waals surface area (Å²) in [6, 6.07) is 5.43. The first-order valence-electron chi connectivity index (χ1n) is 4.55. The predicted octanol–water partition coefficient (Wildman–Crippen LogP) is 1.83. The van der Waals surface area contributed by atoms with Crippen molar-refractivity contribution in [3.63, 3.8) is 0 Å². The van der Waals surface area contributed by atoms with Gasteiger partial charge in [0.1, 0.15) is 5.84 Å². The molecule has 86 valence electrons. The van der Waals surface area contributed by atoms with Gasteiger partial charge >= 0.3 is 0 Å². The van der Waals surface area contributed by atoms with E-state index in [1.807, 2.05) is 19.1 Å². The summed E-state index contributed by atoms with van der Waals surface area (Å²) in [7, 11) is 0. The average molecular weight is 286 g/mol. The van der Waals surface area contributed by atoms with E-state index in [1.54, 1.807) is 6.07 Å². The van der Waals surface area contributed by atoms with Crippen molar-refractivity contribution in [3.8, 4) is 0 Å². The maximum atomic E-state index is 11.4. The monoisotopic (exact) mass is 285 g/mol. The molecule has 0 aliphatic carbocycles. The van der Waals surface area contributed by atoms with Crippen molar-refractivity contribution < 1.29 is 10.0 Å². The minimum atomic E-state index is -0.322. The van der Waals surface area contributed by atoms with Crippen LogP contribution in [0.15, 0.2) is 27.8 Å². The van der Waals surface area contributed by atoms with E-state index in [2.05, 4.69) is 26.4 Å². The maximum Gasteiger partial charge on any atom is 0.232 e. The van der Waals surface area contributed by atoms with Crippen LogP contribution in [0.5, 0.6) is 0 Å². The molecule has 0 fully saturated rings. The number of aryl methyl sites for hydroxylation is 1. The van der Waals surface area contributed by atoms with Crippen LogP contribution in [0.25, 0.3) is 0 Å². The highest BCUT2D eigenvalue weighted by molar-refractivity contribution is 9.10. The fourth-order valence-corrected chi connectivity index (χ4v) is 1.37. The number of rotatable bonds is 3. The summed E-state index contributed by atoms with van der Waals surface area (Å²) in [5, 5.41) is 13.7. The minimum Gasteiger partial charge on any atom is -0.409 e. The van der Waals surface area contributed by atoms with Gasteiger partial charge in [0.15, 0.2) is 0 Å². The molecule has 0 saturated heterocycles. The fourth-order valence-electron chi connectivity index (χ4n) is 1.13. The van der Waals surface area contributed by atoms with Gasteiger partial charge < -0.3 is 16.3 Å². The van der Waals surface area contributed by atoms with Crippen LogP contribution >= 0.6 is 15.9 Å². The van der Waals surface area contributed by atoms with Crippen molar-refractivity contribution in [1.29, 1.82) is 0 Å². The van der Waals surface area contributed by atoms with Gasteiger partial charge in [0, 0.05) is 10.2 Å². The SMILES string of the molecule is Cc1cc(NC(=O)C/C(N)=N/O)ccc1Br. The molecule has 0 aliphatic rings. The van der Waals surface area contributed by atoms with E-state index in [9.17, 15) is 4.79 Å². The number of amides is 1. The Morgan fingerprint density at radius 1 is 1.62 bits per heavy atom. The van der Waals surface area contributed by atoms with Crippen LogP contribution in [0.3, 0.4) is 0 Å². The van der Waals surface area contributed by atoms with Crippen molar-refractivity contribution in [3.05, 3.63) is 28.2 Å². The quantitative estimate of drug-likeness (QED) is 0.343. The molecule has 4 N–H and O–H groups in total. The summed E-state index contributed by atoms with van der Waals surface area (Å²) in [6.45, 7) is 1.92. The Bertz CT molecular complexity index is 432. The number of hydrogen-bond acceptors (Lipinski definition) is 3. The molecule has 0 atom stereocenters. The van der Waals surface area contributed by atoms with Crippen molar-refractivity contribution in [2.45, 2.75) is 13.3 Å². The first kappa shape index (κ1) is 12.5. The predicted molar refractivity (Wildman–Crippen MR) is 65.5 cm³/mol. The van der Waals surface area contributed by atoms with Gasteiger partial charge in [-0.25, -0.2) is 0 Å². The van der Waals surface area contributed by atoms with Gasteiger partial charge in [-0.05, 0) is 30.7 Å². The summed E-state index contributed by atoms with van der Waals surface area (Å²) in [5.41, 5.74) is 6.91.